The van der Waals surface area contributed by atoms with Crippen molar-refractivity contribution in [2.24, 2.45) is 11.8 Å². The van der Waals surface area contributed by atoms with Gasteiger partial charge in [0.05, 0.1) is 6.04 Å². The van der Waals surface area contributed by atoms with Gasteiger partial charge in [0.1, 0.15) is 6.04 Å². The van der Waals surface area contributed by atoms with Crippen LogP contribution in [0.3, 0.4) is 0 Å². The van der Waals surface area contributed by atoms with E-state index in [1.165, 1.54) is 5.56 Å². The van der Waals surface area contributed by atoms with E-state index in [-0.39, 0.29) is 35.6 Å². The minimum absolute atomic E-state index is 0.0334. The molecule has 3 N–H and O–H groups in total. The number of likely N-dealkylation sites (tertiary alicyclic amines) is 1. The van der Waals surface area contributed by atoms with Crippen molar-refractivity contribution in [3.8, 4) is 0 Å². The molecule has 0 saturated carbocycles. The Morgan fingerprint density at radius 2 is 1.77 bits per heavy atom. The molecule has 2 aliphatic rings. The summed E-state index contributed by atoms with van der Waals surface area (Å²) in [5, 5.41) is 9.13. The van der Waals surface area contributed by atoms with Gasteiger partial charge in [-0.3, -0.25) is 14.4 Å². The lowest BCUT2D eigenvalue weighted by Gasteiger charge is -2.34. The van der Waals surface area contributed by atoms with Gasteiger partial charge in [0.2, 0.25) is 17.7 Å². The minimum Gasteiger partial charge on any atom is -0.344 e. The van der Waals surface area contributed by atoms with Gasteiger partial charge < -0.3 is 20.9 Å². The zero-order valence-electron chi connectivity index (χ0n) is 18.9. The molecule has 0 aliphatic carbocycles. The van der Waals surface area contributed by atoms with Gasteiger partial charge in [0, 0.05) is 24.7 Å². The first-order valence-corrected chi connectivity index (χ1v) is 11.6. The Balaban J connectivity index is 1.51. The van der Waals surface area contributed by atoms with Gasteiger partial charge in [0.25, 0.3) is 0 Å². The highest BCUT2D eigenvalue weighted by Gasteiger charge is 2.33. The Morgan fingerprint density at radius 1 is 1.10 bits per heavy atom. The Morgan fingerprint density at radius 3 is 2.32 bits per heavy atom. The Hall–Kier alpha value is -2.41. The highest BCUT2D eigenvalue weighted by Crippen LogP contribution is 2.21. The second-order valence-corrected chi connectivity index (χ2v) is 9.02. The van der Waals surface area contributed by atoms with Crippen LogP contribution < -0.4 is 16.0 Å². The average Bonchev–Trinajstić information content (AvgIpc) is 3.32. The van der Waals surface area contributed by atoms with E-state index >= 15 is 0 Å². The highest BCUT2D eigenvalue weighted by molar-refractivity contribution is 5.97. The molecule has 0 unspecified atom stereocenters. The first-order chi connectivity index (χ1) is 14.9. The summed E-state index contributed by atoms with van der Waals surface area (Å²) in [6.45, 7) is 8.04. The molecule has 7 heteroatoms. The average molecular weight is 429 g/mol. The van der Waals surface area contributed by atoms with Crippen LogP contribution in [-0.4, -0.2) is 54.3 Å². The van der Waals surface area contributed by atoms with Crippen LogP contribution in [0.25, 0.3) is 0 Å². The first kappa shape index (κ1) is 23.3. The largest absolute Gasteiger partial charge is 0.344 e. The number of benzene rings is 1. The van der Waals surface area contributed by atoms with Crippen molar-refractivity contribution >= 4 is 23.4 Å². The third-order valence-electron chi connectivity index (χ3n) is 6.41. The quantitative estimate of drug-likeness (QED) is 0.622. The maximum absolute atomic E-state index is 12.9. The molecule has 2 fully saturated rings. The summed E-state index contributed by atoms with van der Waals surface area (Å²) in [5.41, 5.74) is 1.94. The number of carbonyl (C=O) groups excluding carboxylic acids is 3. The van der Waals surface area contributed by atoms with Gasteiger partial charge in [0.15, 0.2) is 0 Å². The minimum atomic E-state index is -0.597. The first-order valence-electron chi connectivity index (χ1n) is 11.6. The van der Waals surface area contributed by atoms with Crippen LogP contribution in [0.2, 0.25) is 0 Å². The number of aryl methyl sites for hydroxylation is 1. The fraction of sp³-hybridized carbons (Fsp3) is 0.625. The van der Waals surface area contributed by atoms with E-state index in [9.17, 15) is 14.4 Å². The molecule has 31 heavy (non-hydrogen) atoms. The number of nitrogens with one attached hydrogen (secondary N) is 3. The van der Waals surface area contributed by atoms with Gasteiger partial charge in [-0.1, -0.05) is 32.9 Å². The van der Waals surface area contributed by atoms with E-state index in [2.05, 4.69) is 22.9 Å². The summed E-state index contributed by atoms with van der Waals surface area (Å²) in [6.07, 6.45) is 4.15. The molecule has 3 rings (SSSR count). The molecule has 2 atom stereocenters. The highest BCUT2D eigenvalue weighted by atomic mass is 16.2. The standard InChI is InChI=1S/C24H36N4O3/c1-4-17-7-9-19(10-8-17)26-23(30)21(16(2)3)27-22(29)18-11-14-28(15-12-18)24(31)20-6-5-13-25-20/h7-10,16,18,20-21,25H,4-6,11-15H2,1-3H3,(H,26,30)(H,27,29)/t20-,21-/m0/s1. The molecule has 0 spiro atoms. The van der Waals surface area contributed by atoms with Crippen LogP contribution in [-0.2, 0) is 20.8 Å². The SMILES string of the molecule is CCc1ccc(NC(=O)[C@@H](NC(=O)C2CCN(C(=O)[C@@H]3CCCN3)CC2)C(C)C)cc1. The molecule has 0 bridgehead atoms. The van der Waals surface area contributed by atoms with Gasteiger partial charge in [-0.15, -0.1) is 0 Å². The van der Waals surface area contributed by atoms with Gasteiger partial charge in [-0.25, -0.2) is 0 Å². The van der Waals surface area contributed by atoms with Crippen molar-refractivity contribution in [3.63, 3.8) is 0 Å². The summed E-state index contributed by atoms with van der Waals surface area (Å²) < 4.78 is 0. The van der Waals surface area contributed by atoms with Crippen LogP contribution in [0, 0.1) is 11.8 Å². The molecule has 2 heterocycles. The Bertz CT molecular complexity index is 764. The van der Waals surface area contributed by atoms with Crippen LogP contribution in [0.4, 0.5) is 5.69 Å². The maximum Gasteiger partial charge on any atom is 0.247 e. The van der Waals surface area contributed by atoms with Gasteiger partial charge >= 0.3 is 0 Å². The molecular weight excluding hydrogens is 392 g/mol. The van der Waals surface area contributed by atoms with E-state index in [0.717, 1.165) is 31.5 Å². The van der Waals surface area contributed by atoms with E-state index in [1.54, 1.807) is 0 Å². The molecule has 2 saturated heterocycles. The number of anilines is 1. The lowest BCUT2D eigenvalue weighted by atomic mass is 9.94. The summed E-state index contributed by atoms with van der Waals surface area (Å²) in [5.74, 6) is -0.342. The number of hydrogen-bond acceptors (Lipinski definition) is 4. The number of hydrogen-bond donors (Lipinski definition) is 3. The lowest BCUT2D eigenvalue weighted by Crippen LogP contribution is -2.52. The molecule has 170 valence electrons. The smallest absolute Gasteiger partial charge is 0.247 e. The predicted molar refractivity (Wildman–Crippen MR) is 122 cm³/mol. The second-order valence-electron chi connectivity index (χ2n) is 9.02. The van der Waals surface area contributed by atoms with Crippen LogP contribution in [0.1, 0.15) is 52.0 Å². The van der Waals surface area contributed by atoms with Crippen molar-refractivity contribution in [1.82, 2.24) is 15.5 Å². The number of piperidine rings is 1. The maximum atomic E-state index is 12.9. The van der Waals surface area contributed by atoms with Crippen LogP contribution >= 0.6 is 0 Å². The zero-order valence-corrected chi connectivity index (χ0v) is 18.9. The number of amides is 3. The molecule has 1 aromatic carbocycles. The second kappa shape index (κ2) is 10.8. The monoisotopic (exact) mass is 428 g/mol. The summed E-state index contributed by atoms with van der Waals surface area (Å²) in [4.78, 5) is 40.1. The van der Waals surface area contributed by atoms with E-state index in [0.29, 0.717) is 25.9 Å². The van der Waals surface area contributed by atoms with Crippen molar-refractivity contribution in [1.29, 1.82) is 0 Å². The molecule has 3 amide bonds. The number of rotatable bonds is 7. The van der Waals surface area contributed by atoms with Crippen molar-refractivity contribution in [2.75, 3.05) is 25.0 Å². The molecular formula is C24H36N4O3. The molecule has 1 aromatic rings. The van der Waals surface area contributed by atoms with E-state index < -0.39 is 6.04 Å². The normalized spacial score (nSPS) is 20.5. The fourth-order valence-corrected chi connectivity index (χ4v) is 4.33. The van der Waals surface area contributed by atoms with E-state index in [4.69, 9.17) is 0 Å². The molecule has 7 nitrogen and oxygen atoms in total. The van der Waals surface area contributed by atoms with Crippen molar-refractivity contribution in [2.45, 2.75) is 65.0 Å². The number of nitrogens with zero attached hydrogens (tertiary/aromatic N) is 1. The van der Waals surface area contributed by atoms with Crippen molar-refractivity contribution in [3.05, 3.63) is 29.8 Å². The Labute approximate surface area is 185 Å². The summed E-state index contributed by atoms with van der Waals surface area (Å²) in [7, 11) is 0. The van der Waals surface area contributed by atoms with E-state index in [1.807, 2.05) is 43.0 Å². The molecule has 0 radical (unpaired) electrons. The third-order valence-corrected chi connectivity index (χ3v) is 6.41. The topological polar surface area (TPSA) is 90.5 Å². The fourth-order valence-electron chi connectivity index (χ4n) is 4.33. The lowest BCUT2D eigenvalue weighted by molar-refractivity contribution is -0.137. The van der Waals surface area contributed by atoms with Crippen LogP contribution in [0.15, 0.2) is 24.3 Å². The van der Waals surface area contributed by atoms with Crippen molar-refractivity contribution < 1.29 is 14.4 Å². The zero-order chi connectivity index (χ0) is 22.4. The molecule has 2 aliphatic heterocycles. The predicted octanol–water partition coefficient (Wildman–Crippen LogP) is 2.32. The number of carbonyl (C=O) groups is 3. The Kier molecular flexibility index (Phi) is 8.07. The van der Waals surface area contributed by atoms with Crippen LogP contribution in [0.5, 0.6) is 0 Å². The summed E-state index contributed by atoms with van der Waals surface area (Å²) >= 11 is 0. The molecule has 0 aromatic heterocycles. The summed E-state index contributed by atoms with van der Waals surface area (Å²) in [6, 6.07) is 7.11. The third kappa shape index (κ3) is 6.06. The van der Waals surface area contributed by atoms with Gasteiger partial charge in [-0.05, 0) is 62.3 Å². The van der Waals surface area contributed by atoms with Gasteiger partial charge in [-0.2, -0.15) is 0 Å².